The Morgan fingerprint density at radius 2 is 0.945 bits per heavy atom. The molecule has 1 fully saturated rings. The summed E-state index contributed by atoms with van der Waals surface area (Å²) in [5.41, 5.74) is 7.70. The normalized spacial score (nSPS) is 19.5. The largest absolute Gasteiger partial charge is 0.494 e. The van der Waals surface area contributed by atoms with E-state index in [9.17, 15) is 0 Å². The van der Waals surface area contributed by atoms with Gasteiger partial charge >= 0.3 is 0 Å². The molecule has 0 aromatic heterocycles. The van der Waals surface area contributed by atoms with E-state index < -0.39 is 30.5 Å². The third kappa shape index (κ3) is 11.0. The molecule has 1 saturated heterocycles. The molecule has 6 aromatic rings. The lowest BCUT2D eigenvalue weighted by atomic mass is 9.89. The molecule has 1 aliphatic rings. The van der Waals surface area contributed by atoms with E-state index in [1.807, 2.05) is 91.9 Å². The summed E-state index contributed by atoms with van der Waals surface area (Å²) in [6, 6.07) is 57.9. The van der Waals surface area contributed by atoms with Crippen molar-refractivity contribution in [3.8, 4) is 5.75 Å². The molecule has 1 heterocycles. The highest BCUT2D eigenvalue weighted by Gasteiger charge is 2.49. The van der Waals surface area contributed by atoms with Crippen LogP contribution in [0.2, 0.25) is 0 Å². The molecule has 0 unspecified atom stereocenters. The third-order valence-corrected chi connectivity index (χ3v) is 9.81. The number of rotatable bonds is 18. The summed E-state index contributed by atoms with van der Waals surface area (Å²) >= 11 is 0. The molecule has 7 rings (SSSR count). The van der Waals surface area contributed by atoms with E-state index >= 15 is 0 Å². The summed E-state index contributed by atoms with van der Waals surface area (Å²) in [6.07, 6.45) is -1.65. The van der Waals surface area contributed by atoms with Crippen molar-refractivity contribution in [3.05, 3.63) is 209 Å². The van der Waals surface area contributed by atoms with Crippen molar-refractivity contribution < 1.29 is 28.4 Å². The van der Waals surface area contributed by atoms with Gasteiger partial charge in [-0.05, 0) is 64.4 Å². The smallest absolute Gasteiger partial charge is 0.119 e. The molecule has 1 aliphatic heterocycles. The molecule has 282 valence electrons. The molecule has 0 N–H and O–H groups in total. The van der Waals surface area contributed by atoms with E-state index in [4.69, 9.17) is 28.4 Å². The molecule has 0 spiro atoms. The minimum atomic E-state index is -0.504. The van der Waals surface area contributed by atoms with Crippen LogP contribution in [0.4, 0.5) is 0 Å². The fraction of sp³-hybridized carbons (Fsp3) is 0.265. The lowest BCUT2D eigenvalue weighted by Crippen LogP contribution is -2.58. The Morgan fingerprint density at radius 3 is 1.49 bits per heavy atom. The van der Waals surface area contributed by atoms with E-state index in [1.54, 1.807) is 0 Å². The van der Waals surface area contributed by atoms with Crippen molar-refractivity contribution in [3.63, 3.8) is 0 Å². The van der Waals surface area contributed by atoms with Crippen molar-refractivity contribution >= 4 is 0 Å². The molecule has 55 heavy (non-hydrogen) atoms. The molecular formula is C49H50O6. The van der Waals surface area contributed by atoms with Crippen LogP contribution in [0.3, 0.4) is 0 Å². The van der Waals surface area contributed by atoms with Crippen molar-refractivity contribution in [2.75, 3.05) is 13.2 Å². The van der Waals surface area contributed by atoms with Crippen LogP contribution in [0, 0.1) is 0 Å². The number of hydrogen-bond acceptors (Lipinski definition) is 6. The standard InChI is InChI=1S/C49H50O6/c1-2-51-44-28-26-37(27-29-44)30-42-24-15-25-43(31-42)46-48(53-34-40-20-11-5-12-21-40)49(54-35-41-22-13-6-14-23-41)47(52-33-39-18-9-4-10-19-39)45(55-46)36-50-32-38-16-7-3-8-17-38/h3-29,31,45-49H,2,30,32-36H2,1H3/t45-,46+,47-,48+,49+/m1/s1. The summed E-state index contributed by atoms with van der Waals surface area (Å²) in [6.45, 7) is 4.59. The summed E-state index contributed by atoms with van der Waals surface area (Å²) in [5.74, 6) is 0.875. The monoisotopic (exact) mass is 734 g/mol. The molecular weight excluding hydrogens is 685 g/mol. The van der Waals surface area contributed by atoms with Gasteiger partial charge in [-0.25, -0.2) is 0 Å². The Kier molecular flexibility index (Phi) is 13.9. The second-order valence-corrected chi connectivity index (χ2v) is 13.9. The first kappa shape index (κ1) is 38.2. The van der Waals surface area contributed by atoms with Gasteiger partial charge in [0.15, 0.2) is 0 Å². The van der Waals surface area contributed by atoms with E-state index in [1.165, 1.54) is 11.1 Å². The van der Waals surface area contributed by atoms with Crippen LogP contribution >= 0.6 is 0 Å². The molecule has 0 saturated carbocycles. The van der Waals surface area contributed by atoms with Gasteiger partial charge in [0.25, 0.3) is 0 Å². The van der Waals surface area contributed by atoms with E-state index in [0.29, 0.717) is 39.6 Å². The zero-order valence-corrected chi connectivity index (χ0v) is 31.5. The van der Waals surface area contributed by atoms with Crippen LogP contribution in [0.15, 0.2) is 170 Å². The molecule has 0 radical (unpaired) electrons. The summed E-state index contributed by atoms with van der Waals surface area (Å²) < 4.78 is 40.1. The molecule has 6 nitrogen and oxygen atoms in total. The topological polar surface area (TPSA) is 55.4 Å². The number of ether oxygens (including phenoxy) is 6. The minimum absolute atomic E-state index is 0.313. The van der Waals surface area contributed by atoms with Gasteiger partial charge in [-0.3, -0.25) is 0 Å². The second-order valence-electron chi connectivity index (χ2n) is 13.9. The average Bonchev–Trinajstić information content (AvgIpc) is 3.24. The van der Waals surface area contributed by atoms with Crippen LogP contribution in [0.5, 0.6) is 5.75 Å². The quantitative estimate of drug-likeness (QED) is 0.0877. The maximum absolute atomic E-state index is 7.17. The predicted molar refractivity (Wildman–Crippen MR) is 216 cm³/mol. The molecule has 0 amide bonds. The summed E-state index contributed by atoms with van der Waals surface area (Å²) in [5, 5.41) is 0. The zero-order valence-electron chi connectivity index (χ0n) is 31.5. The van der Waals surface area contributed by atoms with Gasteiger partial charge in [-0.2, -0.15) is 0 Å². The number of benzene rings is 6. The van der Waals surface area contributed by atoms with Crippen LogP contribution < -0.4 is 4.74 Å². The Balaban J connectivity index is 1.23. The summed E-state index contributed by atoms with van der Waals surface area (Å²) in [4.78, 5) is 0. The highest BCUT2D eigenvalue weighted by Crippen LogP contribution is 2.39. The fourth-order valence-corrected chi connectivity index (χ4v) is 7.04. The van der Waals surface area contributed by atoms with Crippen LogP contribution in [0.25, 0.3) is 0 Å². The first-order valence-electron chi connectivity index (χ1n) is 19.3. The predicted octanol–water partition coefficient (Wildman–Crippen LogP) is 10.1. The van der Waals surface area contributed by atoms with Gasteiger partial charge in [-0.15, -0.1) is 0 Å². The Morgan fingerprint density at radius 1 is 0.455 bits per heavy atom. The highest BCUT2D eigenvalue weighted by molar-refractivity contribution is 5.34. The molecule has 5 atom stereocenters. The van der Waals surface area contributed by atoms with Crippen LogP contribution in [0.1, 0.15) is 52.0 Å². The zero-order chi connectivity index (χ0) is 37.5. The molecule has 6 aromatic carbocycles. The maximum Gasteiger partial charge on any atom is 0.119 e. The fourth-order valence-electron chi connectivity index (χ4n) is 7.04. The van der Waals surface area contributed by atoms with Crippen LogP contribution in [-0.2, 0) is 56.5 Å². The lowest BCUT2D eigenvalue weighted by Gasteiger charge is -2.46. The Hall–Kier alpha value is -5.08. The molecule has 0 bridgehead atoms. The highest BCUT2D eigenvalue weighted by atomic mass is 16.6. The van der Waals surface area contributed by atoms with Gasteiger partial charge in [-0.1, -0.05) is 158 Å². The Bertz CT molecular complexity index is 1970. The van der Waals surface area contributed by atoms with Gasteiger partial charge < -0.3 is 28.4 Å². The number of hydrogen-bond donors (Lipinski definition) is 0. The van der Waals surface area contributed by atoms with Gasteiger partial charge in [0.2, 0.25) is 0 Å². The van der Waals surface area contributed by atoms with Crippen molar-refractivity contribution in [1.82, 2.24) is 0 Å². The van der Waals surface area contributed by atoms with E-state index in [0.717, 1.165) is 40.0 Å². The summed E-state index contributed by atoms with van der Waals surface area (Å²) in [7, 11) is 0. The van der Waals surface area contributed by atoms with Gasteiger partial charge in [0.05, 0.1) is 39.6 Å². The SMILES string of the molecule is CCOc1ccc(Cc2cccc([C@@H]3O[C@H](COCc4ccccc4)[C@@H](OCc4ccccc4)[C@H](OCc4ccccc4)[C@H]3OCc3ccccc3)c2)cc1. The van der Waals surface area contributed by atoms with Gasteiger partial charge in [0.1, 0.15) is 36.3 Å². The first-order valence-corrected chi connectivity index (χ1v) is 19.3. The molecule has 0 aliphatic carbocycles. The molecule has 6 heteroatoms. The van der Waals surface area contributed by atoms with E-state index in [-0.39, 0.29) is 0 Å². The second kappa shape index (κ2) is 20.0. The van der Waals surface area contributed by atoms with Gasteiger partial charge in [0, 0.05) is 0 Å². The first-order chi connectivity index (χ1) is 27.2. The third-order valence-electron chi connectivity index (χ3n) is 9.81. The average molecular weight is 735 g/mol. The van der Waals surface area contributed by atoms with Crippen LogP contribution in [-0.4, -0.2) is 37.6 Å². The maximum atomic E-state index is 7.17. The van der Waals surface area contributed by atoms with Crippen molar-refractivity contribution in [2.24, 2.45) is 0 Å². The Labute approximate surface area is 325 Å². The lowest BCUT2D eigenvalue weighted by molar-refractivity contribution is -0.275. The van der Waals surface area contributed by atoms with E-state index in [2.05, 4.69) is 84.9 Å². The van der Waals surface area contributed by atoms with Crippen molar-refractivity contribution in [2.45, 2.75) is 70.3 Å². The minimum Gasteiger partial charge on any atom is -0.494 e. The van der Waals surface area contributed by atoms with Crippen molar-refractivity contribution in [1.29, 1.82) is 0 Å².